The van der Waals surface area contributed by atoms with Gasteiger partial charge in [0.15, 0.2) is 5.82 Å². The number of aromatic nitrogens is 5. The van der Waals surface area contributed by atoms with Gasteiger partial charge in [0.1, 0.15) is 17.5 Å². The van der Waals surface area contributed by atoms with Gasteiger partial charge in [-0.15, -0.1) is 5.10 Å². The highest BCUT2D eigenvalue weighted by atomic mass is 19.3. The van der Waals surface area contributed by atoms with E-state index in [1.54, 1.807) is 25.1 Å². The van der Waals surface area contributed by atoms with Crippen molar-refractivity contribution < 1.29 is 27.0 Å². The van der Waals surface area contributed by atoms with Crippen LogP contribution in [-0.4, -0.2) is 87.1 Å². The van der Waals surface area contributed by atoms with Crippen LogP contribution in [0.15, 0.2) is 24.4 Å². The summed E-state index contributed by atoms with van der Waals surface area (Å²) in [7, 11) is 1.40. The number of hydrogen-bond acceptors (Lipinski definition) is 7. The molecule has 0 saturated carbocycles. The Morgan fingerprint density at radius 3 is 2.73 bits per heavy atom. The summed E-state index contributed by atoms with van der Waals surface area (Å²) >= 11 is 0. The van der Waals surface area contributed by atoms with Gasteiger partial charge in [-0.25, -0.2) is 27.1 Å². The molecule has 9 nitrogen and oxygen atoms in total. The Labute approximate surface area is 209 Å². The lowest BCUT2D eigenvalue weighted by molar-refractivity contribution is -0.0585. The first-order valence-corrected chi connectivity index (χ1v) is 11.9. The van der Waals surface area contributed by atoms with Crippen LogP contribution >= 0.6 is 0 Å². The van der Waals surface area contributed by atoms with Crippen LogP contribution < -0.4 is 10.1 Å². The van der Waals surface area contributed by atoms with Crippen molar-refractivity contribution >= 4 is 22.5 Å². The summed E-state index contributed by atoms with van der Waals surface area (Å²) in [6, 6.07) is 4.61. The van der Waals surface area contributed by atoms with E-state index in [1.807, 2.05) is 4.90 Å². The summed E-state index contributed by atoms with van der Waals surface area (Å²) in [6.45, 7) is 3.07. The van der Waals surface area contributed by atoms with Crippen LogP contribution in [0.1, 0.15) is 5.82 Å². The zero-order chi connectivity index (χ0) is 25.8. The summed E-state index contributed by atoms with van der Waals surface area (Å²) in [5, 5.41) is 7.39. The standard InChI is InChI=1S/C24H25F4N7O2/c1-12-29-17-4-3-13(5-19(17)34(12)9-20(27)28)21-16(26)7-35-22(21)23(36-2)31-24(32-35)30-18-8-33(6-15(18)25)14-10-37-11-14/h3-5,7,14-15,18,20H,6,8-11H2,1-2H3,(H,30,32)/t15-,18+/m0/s1. The van der Waals surface area contributed by atoms with Gasteiger partial charge in [-0.1, -0.05) is 6.07 Å². The van der Waals surface area contributed by atoms with Crippen LogP contribution in [0.4, 0.5) is 23.5 Å². The van der Waals surface area contributed by atoms with Crippen LogP contribution in [0, 0.1) is 12.7 Å². The average Bonchev–Trinajstić information content (AvgIpc) is 3.44. The molecule has 5 heterocycles. The summed E-state index contributed by atoms with van der Waals surface area (Å²) in [4.78, 5) is 10.7. The third kappa shape index (κ3) is 4.15. The Balaban J connectivity index is 1.37. The van der Waals surface area contributed by atoms with E-state index in [2.05, 4.69) is 20.4 Å². The molecule has 3 aromatic heterocycles. The van der Waals surface area contributed by atoms with E-state index in [0.717, 1.165) is 0 Å². The van der Waals surface area contributed by atoms with Crippen LogP contribution in [0.3, 0.4) is 0 Å². The molecule has 0 radical (unpaired) electrons. The number of aryl methyl sites for hydroxylation is 1. The molecule has 2 aliphatic rings. The molecule has 2 fully saturated rings. The molecule has 4 aromatic rings. The Morgan fingerprint density at radius 2 is 2.03 bits per heavy atom. The maximum Gasteiger partial charge on any atom is 0.256 e. The molecule has 0 bridgehead atoms. The maximum absolute atomic E-state index is 15.3. The number of anilines is 1. The first kappa shape index (κ1) is 23.9. The molecular weight excluding hydrogens is 494 g/mol. The number of methoxy groups -OCH3 is 1. The fraction of sp³-hybridized carbons (Fsp3) is 0.458. The number of alkyl halides is 3. The zero-order valence-electron chi connectivity index (χ0n) is 20.2. The van der Waals surface area contributed by atoms with Gasteiger partial charge in [0.05, 0.1) is 61.7 Å². The number of hydrogen-bond donors (Lipinski definition) is 1. The van der Waals surface area contributed by atoms with Crippen molar-refractivity contribution in [1.29, 1.82) is 0 Å². The van der Waals surface area contributed by atoms with Crippen LogP contribution in [0.25, 0.3) is 27.7 Å². The minimum absolute atomic E-state index is 0.0893. The van der Waals surface area contributed by atoms with Crippen molar-refractivity contribution in [1.82, 2.24) is 29.0 Å². The number of imidazole rings is 1. The summed E-state index contributed by atoms with van der Waals surface area (Å²) in [6.07, 6.45) is -2.51. The number of likely N-dealkylation sites (tertiary alicyclic amines) is 1. The van der Waals surface area contributed by atoms with Crippen LogP contribution in [-0.2, 0) is 11.3 Å². The predicted octanol–water partition coefficient (Wildman–Crippen LogP) is 3.30. The lowest BCUT2D eigenvalue weighted by atomic mass is 10.1. The number of rotatable bonds is 7. The minimum Gasteiger partial charge on any atom is -0.479 e. The summed E-state index contributed by atoms with van der Waals surface area (Å²) in [5.74, 6) is 0.0340. The molecule has 2 atom stereocenters. The second-order valence-electron chi connectivity index (χ2n) is 9.37. The Hall–Kier alpha value is -3.45. The van der Waals surface area contributed by atoms with E-state index in [9.17, 15) is 13.2 Å². The largest absolute Gasteiger partial charge is 0.479 e. The Morgan fingerprint density at radius 1 is 1.22 bits per heavy atom. The van der Waals surface area contributed by atoms with Gasteiger partial charge < -0.3 is 19.4 Å². The van der Waals surface area contributed by atoms with Gasteiger partial charge in [-0.2, -0.15) is 4.98 Å². The number of nitrogens with one attached hydrogen (secondary N) is 1. The topological polar surface area (TPSA) is 81.7 Å². The molecular formula is C24H25F4N7O2. The summed E-state index contributed by atoms with van der Waals surface area (Å²) in [5.41, 5.74) is 1.85. The Kier molecular flexibility index (Phi) is 5.91. The molecule has 196 valence electrons. The van der Waals surface area contributed by atoms with E-state index >= 15 is 4.39 Å². The van der Waals surface area contributed by atoms with E-state index < -0.39 is 31.0 Å². The SMILES string of the molecule is COc1nc(N[C@@H]2CN(C3COC3)C[C@@H]2F)nn2cc(F)c(-c3ccc4nc(C)n(CC(F)F)c4c3)c12. The van der Waals surface area contributed by atoms with Crippen molar-refractivity contribution in [2.75, 3.05) is 38.7 Å². The molecule has 2 aliphatic heterocycles. The highest BCUT2D eigenvalue weighted by molar-refractivity contribution is 5.90. The molecule has 13 heteroatoms. The van der Waals surface area contributed by atoms with Gasteiger partial charge in [-0.05, 0) is 24.6 Å². The third-order valence-electron chi connectivity index (χ3n) is 7.02. The molecule has 2 saturated heterocycles. The zero-order valence-corrected chi connectivity index (χ0v) is 20.2. The smallest absolute Gasteiger partial charge is 0.256 e. The van der Waals surface area contributed by atoms with Crippen molar-refractivity contribution in [3.05, 3.63) is 36.0 Å². The van der Waals surface area contributed by atoms with Gasteiger partial charge in [0.25, 0.3) is 6.43 Å². The normalized spacial score (nSPS) is 20.8. The number of ether oxygens (including phenoxy) is 2. The van der Waals surface area contributed by atoms with Gasteiger partial charge in [-0.3, -0.25) is 4.90 Å². The predicted molar refractivity (Wildman–Crippen MR) is 127 cm³/mol. The average molecular weight is 520 g/mol. The van der Waals surface area contributed by atoms with Crippen LogP contribution in [0.5, 0.6) is 5.88 Å². The fourth-order valence-electron chi connectivity index (χ4n) is 5.09. The van der Waals surface area contributed by atoms with E-state index in [-0.39, 0.29) is 35.5 Å². The molecule has 0 spiro atoms. The van der Waals surface area contributed by atoms with Crippen molar-refractivity contribution in [3.63, 3.8) is 0 Å². The molecule has 6 rings (SSSR count). The fourth-order valence-corrected chi connectivity index (χ4v) is 5.09. The monoisotopic (exact) mass is 519 g/mol. The van der Waals surface area contributed by atoms with Crippen molar-refractivity contribution in [3.8, 4) is 17.0 Å². The number of nitrogens with zero attached hydrogens (tertiary/aromatic N) is 6. The maximum atomic E-state index is 15.3. The highest BCUT2D eigenvalue weighted by Gasteiger charge is 2.39. The highest BCUT2D eigenvalue weighted by Crippen LogP contribution is 2.36. The van der Waals surface area contributed by atoms with Crippen molar-refractivity contribution in [2.24, 2.45) is 0 Å². The molecule has 1 N–H and O–H groups in total. The van der Waals surface area contributed by atoms with E-state index in [0.29, 0.717) is 42.2 Å². The number of fused-ring (bicyclic) bond motifs is 2. The third-order valence-corrected chi connectivity index (χ3v) is 7.02. The second-order valence-corrected chi connectivity index (χ2v) is 9.37. The lowest BCUT2D eigenvalue weighted by Crippen LogP contribution is -2.48. The van der Waals surface area contributed by atoms with Gasteiger partial charge >= 0.3 is 0 Å². The minimum atomic E-state index is -2.57. The lowest BCUT2D eigenvalue weighted by Gasteiger charge is -2.34. The van der Waals surface area contributed by atoms with E-state index in [1.165, 1.54) is 22.4 Å². The Bertz CT molecular complexity index is 1470. The number of halogens is 4. The summed E-state index contributed by atoms with van der Waals surface area (Å²) < 4.78 is 69.7. The van der Waals surface area contributed by atoms with Gasteiger partial charge in [0.2, 0.25) is 11.8 Å². The molecule has 1 aromatic carbocycles. The molecule has 0 unspecified atom stereocenters. The number of benzene rings is 1. The first-order valence-electron chi connectivity index (χ1n) is 11.9. The van der Waals surface area contributed by atoms with Crippen LogP contribution in [0.2, 0.25) is 0 Å². The second kappa shape index (κ2) is 9.14. The van der Waals surface area contributed by atoms with E-state index in [4.69, 9.17) is 9.47 Å². The molecule has 0 amide bonds. The first-order chi connectivity index (χ1) is 17.8. The van der Waals surface area contributed by atoms with Gasteiger partial charge in [0, 0.05) is 13.1 Å². The van der Waals surface area contributed by atoms with Crippen molar-refractivity contribution in [2.45, 2.75) is 38.1 Å². The molecule has 37 heavy (non-hydrogen) atoms. The molecule has 0 aliphatic carbocycles. The quantitative estimate of drug-likeness (QED) is 0.375.